The van der Waals surface area contributed by atoms with Crippen LogP contribution in [0.1, 0.15) is 13.3 Å². The molecule has 92 valence electrons. The van der Waals surface area contributed by atoms with Crippen LogP contribution in [0.4, 0.5) is 0 Å². The lowest BCUT2D eigenvalue weighted by Gasteiger charge is -2.24. The van der Waals surface area contributed by atoms with Crippen molar-refractivity contribution in [3.05, 3.63) is 0 Å². The largest absolute Gasteiger partial charge is 0.427 e. The molecule has 0 aromatic heterocycles. The maximum absolute atomic E-state index is 5.42. The van der Waals surface area contributed by atoms with E-state index in [4.69, 9.17) is 10.2 Å². The predicted molar refractivity (Wildman–Crippen MR) is 69.0 cm³/mol. The molecule has 0 saturated carbocycles. The number of rotatable bonds is 10. The van der Waals surface area contributed by atoms with Crippen LogP contribution in [0.15, 0.2) is 0 Å². The molecule has 0 saturated heterocycles. The Morgan fingerprint density at radius 3 is 2.87 bits per heavy atom. The lowest BCUT2D eigenvalue weighted by molar-refractivity contribution is 0.251. The molecule has 15 heavy (non-hydrogen) atoms. The third-order valence-corrected chi connectivity index (χ3v) is 3.82. The van der Waals surface area contributed by atoms with Crippen molar-refractivity contribution in [2.75, 3.05) is 40.3 Å². The van der Waals surface area contributed by atoms with Gasteiger partial charge in [0.2, 0.25) is 0 Å². The second-order valence-corrected chi connectivity index (χ2v) is 5.72. The first-order valence-electron chi connectivity index (χ1n) is 5.82. The number of hydrogen-bond acceptors (Lipinski definition) is 4. The summed E-state index contributed by atoms with van der Waals surface area (Å²) in [6, 6.07) is 1.87. The molecule has 0 spiro atoms. The second-order valence-electron chi connectivity index (χ2n) is 4.02. The average Bonchev–Trinajstić information content (AvgIpc) is 2.24. The molecule has 0 rings (SSSR count). The van der Waals surface area contributed by atoms with Crippen molar-refractivity contribution in [2.45, 2.75) is 25.4 Å². The van der Waals surface area contributed by atoms with Crippen molar-refractivity contribution in [1.82, 2.24) is 10.2 Å². The van der Waals surface area contributed by atoms with Crippen LogP contribution in [0, 0.1) is 0 Å². The summed E-state index contributed by atoms with van der Waals surface area (Å²) in [5.74, 6) is 0. The minimum Gasteiger partial charge on any atom is -0.427 e. The third kappa shape index (κ3) is 9.01. The first-order chi connectivity index (χ1) is 7.22. The first kappa shape index (κ1) is 15.1. The van der Waals surface area contributed by atoms with Crippen molar-refractivity contribution in [3.63, 3.8) is 0 Å². The number of hydrogen-bond donors (Lipinski definition) is 2. The Kier molecular flexibility index (Phi) is 10.6. The van der Waals surface area contributed by atoms with Crippen LogP contribution < -0.4 is 11.1 Å². The molecule has 4 nitrogen and oxygen atoms in total. The Morgan fingerprint density at radius 2 is 2.27 bits per heavy atom. The van der Waals surface area contributed by atoms with E-state index in [0.29, 0.717) is 6.04 Å². The van der Waals surface area contributed by atoms with Crippen LogP contribution >= 0.6 is 0 Å². The quantitative estimate of drug-likeness (QED) is 0.391. The summed E-state index contributed by atoms with van der Waals surface area (Å²) < 4.78 is 5.16. The zero-order valence-electron chi connectivity index (χ0n) is 10.5. The second kappa shape index (κ2) is 10.6. The smallest absolute Gasteiger partial charge is 0.161 e. The Bertz CT molecular complexity index is 138. The fourth-order valence-corrected chi connectivity index (χ4v) is 2.11. The van der Waals surface area contributed by atoms with E-state index in [-0.39, 0.29) is 9.76 Å². The molecule has 0 aliphatic rings. The highest BCUT2D eigenvalue weighted by Gasteiger charge is 2.07. The molecule has 0 aliphatic heterocycles. The average molecular weight is 233 g/mol. The molecule has 0 fully saturated rings. The molecule has 1 atom stereocenters. The number of likely N-dealkylation sites (N-methyl/N-ethyl adjacent to an activating group) is 1. The van der Waals surface area contributed by atoms with E-state index in [1.807, 2.05) is 7.11 Å². The standard InChI is InChI=1S/C10H27N3OSi/c1-10(9-12-6-5-11)13(2)7-4-8-15-14-3/h10,12H,4-9,11,15H2,1-3H3. The molecule has 0 radical (unpaired) electrons. The molecule has 0 aromatic rings. The van der Waals surface area contributed by atoms with Crippen LogP contribution in [0.5, 0.6) is 0 Å². The van der Waals surface area contributed by atoms with Gasteiger partial charge in [0, 0.05) is 32.8 Å². The van der Waals surface area contributed by atoms with Gasteiger partial charge in [0.25, 0.3) is 0 Å². The minimum absolute atomic E-state index is 0.224. The van der Waals surface area contributed by atoms with Crippen molar-refractivity contribution in [1.29, 1.82) is 0 Å². The van der Waals surface area contributed by atoms with E-state index in [9.17, 15) is 0 Å². The highest BCUT2D eigenvalue weighted by atomic mass is 28.2. The zero-order chi connectivity index (χ0) is 11.5. The Hall–Kier alpha value is 0.0569. The van der Waals surface area contributed by atoms with E-state index in [1.54, 1.807) is 0 Å². The van der Waals surface area contributed by atoms with Gasteiger partial charge in [0.15, 0.2) is 9.76 Å². The van der Waals surface area contributed by atoms with E-state index < -0.39 is 0 Å². The molecule has 0 aromatic carbocycles. The first-order valence-corrected chi connectivity index (χ1v) is 7.40. The van der Waals surface area contributed by atoms with E-state index in [1.165, 1.54) is 19.0 Å². The number of nitrogens with one attached hydrogen (secondary N) is 1. The molecular formula is C10H27N3OSi. The van der Waals surface area contributed by atoms with Gasteiger partial charge >= 0.3 is 0 Å². The maximum Gasteiger partial charge on any atom is 0.161 e. The lowest BCUT2D eigenvalue weighted by Crippen LogP contribution is -2.39. The number of nitrogens with two attached hydrogens (primary N) is 1. The highest BCUT2D eigenvalue weighted by molar-refractivity contribution is 6.26. The predicted octanol–water partition coefficient (Wildman–Crippen LogP) is -0.606. The Morgan fingerprint density at radius 1 is 1.53 bits per heavy atom. The van der Waals surface area contributed by atoms with Gasteiger partial charge in [0.05, 0.1) is 0 Å². The van der Waals surface area contributed by atoms with Crippen molar-refractivity contribution in [3.8, 4) is 0 Å². The van der Waals surface area contributed by atoms with Gasteiger partial charge in [-0.3, -0.25) is 0 Å². The van der Waals surface area contributed by atoms with Crippen LogP contribution in [-0.2, 0) is 4.43 Å². The minimum atomic E-state index is -0.224. The van der Waals surface area contributed by atoms with Gasteiger partial charge in [-0.2, -0.15) is 0 Å². The van der Waals surface area contributed by atoms with Gasteiger partial charge < -0.3 is 20.4 Å². The molecular weight excluding hydrogens is 206 g/mol. The van der Waals surface area contributed by atoms with Gasteiger partial charge in [-0.1, -0.05) is 0 Å². The summed E-state index contributed by atoms with van der Waals surface area (Å²) >= 11 is 0. The normalized spacial score (nSPS) is 14.2. The molecule has 0 aliphatic carbocycles. The van der Waals surface area contributed by atoms with Gasteiger partial charge in [0.1, 0.15) is 0 Å². The van der Waals surface area contributed by atoms with Crippen LogP contribution in [0.2, 0.25) is 6.04 Å². The summed E-state index contributed by atoms with van der Waals surface area (Å²) in [5.41, 5.74) is 5.42. The highest BCUT2D eigenvalue weighted by Crippen LogP contribution is 1.98. The third-order valence-electron chi connectivity index (χ3n) is 2.62. The van der Waals surface area contributed by atoms with Crippen LogP contribution in [0.25, 0.3) is 0 Å². The zero-order valence-corrected chi connectivity index (χ0v) is 11.9. The van der Waals surface area contributed by atoms with Gasteiger partial charge in [-0.05, 0) is 33.0 Å². The van der Waals surface area contributed by atoms with Crippen molar-refractivity contribution in [2.24, 2.45) is 5.73 Å². The van der Waals surface area contributed by atoms with E-state index >= 15 is 0 Å². The molecule has 0 amide bonds. The summed E-state index contributed by atoms with van der Waals surface area (Å²) in [6.07, 6.45) is 1.26. The Labute approximate surface area is 96.5 Å². The molecule has 1 unspecified atom stereocenters. The van der Waals surface area contributed by atoms with Crippen LogP contribution in [-0.4, -0.2) is 61.0 Å². The maximum atomic E-state index is 5.42. The summed E-state index contributed by atoms with van der Waals surface area (Å²) in [6.45, 7) is 6.07. The summed E-state index contributed by atoms with van der Waals surface area (Å²) in [7, 11) is 3.77. The summed E-state index contributed by atoms with van der Waals surface area (Å²) in [4.78, 5) is 2.40. The van der Waals surface area contributed by atoms with E-state index in [2.05, 4.69) is 24.2 Å². The lowest BCUT2D eigenvalue weighted by atomic mass is 10.3. The molecule has 5 heteroatoms. The molecule has 0 heterocycles. The fraction of sp³-hybridized carbons (Fsp3) is 1.00. The molecule has 3 N–H and O–H groups in total. The summed E-state index contributed by atoms with van der Waals surface area (Å²) in [5, 5.41) is 3.33. The monoisotopic (exact) mass is 233 g/mol. The fourth-order valence-electron chi connectivity index (χ4n) is 1.40. The Balaban J connectivity index is 3.38. The van der Waals surface area contributed by atoms with Gasteiger partial charge in [-0.15, -0.1) is 0 Å². The van der Waals surface area contributed by atoms with E-state index in [0.717, 1.165) is 19.6 Å². The van der Waals surface area contributed by atoms with Crippen molar-refractivity contribution >= 4 is 9.76 Å². The number of nitrogens with zero attached hydrogens (tertiary/aromatic N) is 1. The SMILES string of the molecule is CO[SiH2]CCCN(C)C(C)CNCCN. The van der Waals surface area contributed by atoms with Crippen LogP contribution in [0.3, 0.4) is 0 Å². The van der Waals surface area contributed by atoms with Gasteiger partial charge in [-0.25, -0.2) is 0 Å². The topological polar surface area (TPSA) is 50.5 Å². The van der Waals surface area contributed by atoms with Crippen molar-refractivity contribution < 1.29 is 4.43 Å². The molecule has 0 bridgehead atoms.